The molecule has 3 aromatic carbocycles. The lowest BCUT2D eigenvalue weighted by Gasteiger charge is -2.30. The van der Waals surface area contributed by atoms with Gasteiger partial charge in [0.25, 0.3) is 5.91 Å². The van der Waals surface area contributed by atoms with Gasteiger partial charge >= 0.3 is 12.1 Å². The molecule has 5 nitrogen and oxygen atoms in total. The number of nitrogens with zero attached hydrogens (tertiary/aromatic N) is 1. The van der Waals surface area contributed by atoms with Crippen LogP contribution in [0.5, 0.6) is 0 Å². The van der Waals surface area contributed by atoms with Gasteiger partial charge in [-0.15, -0.1) is 0 Å². The number of alkyl halides is 3. The molecule has 0 aliphatic rings. The van der Waals surface area contributed by atoms with Crippen molar-refractivity contribution < 1.29 is 32.3 Å². The Morgan fingerprint density at radius 3 is 2.19 bits per heavy atom. The molecule has 1 atom stereocenters. The third-order valence-corrected chi connectivity index (χ3v) is 4.87. The van der Waals surface area contributed by atoms with Crippen LogP contribution in [0, 0.1) is 0 Å². The Hall–Kier alpha value is -3.68. The van der Waals surface area contributed by atoms with Gasteiger partial charge in [0.15, 0.2) is 0 Å². The number of benzene rings is 3. The standard InChI is InChI=1S/C24H20F3NO4/c1-16(29)28(23(31)20-13-7-11-18-10-5-6-12-19(18)20)21(24(25,26)27)14-22(30)32-15-17-8-3-2-4-9-17/h2-13,21H,14-15H2,1H3. The van der Waals surface area contributed by atoms with Crippen LogP contribution >= 0.6 is 0 Å². The Kier molecular flexibility index (Phi) is 6.92. The Bertz CT molecular complexity index is 1120. The van der Waals surface area contributed by atoms with E-state index in [1.54, 1.807) is 60.7 Å². The van der Waals surface area contributed by atoms with Crippen molar-refractivity contribution in [3.05, 3.63) is 83.9 Å². The smallest absolute Gasteiger partial charge is 0.409 e. The largest absolute Gasteiger partial charge is 0.461 e. The number of hydrogen-bond acceptors (Lipinski definition) is 4. The van der Waals surface area contributed by atoms with Crippen molar-refractivity contribution in [2.24, 2.45) is 0 Å². The Morgan fingerprint density at radius 2 is 1.53 bits per heavy atom. The topological polar surface area (TPSA) is 63.7 Å². The molecule has 3 aromatic rings. The van der Waals surface area contributed by atoms with E-state index in [4.69, 9.17) is 4.74 Å². The first-order chi connectivity index (χ1) is 15.2. The summed E-state index contributed by atoms with van der Waals surface area (Å²) >= 11 is 0. The van der Waals surface area contributed by atoms with Crippen LogP contribution in [0.2, 0.25) is 0 Å². The van der Waals surface area contributed by atoms with Crippen molar-refractivity contribution in [3.8, 4) is 0 Å². The summed E-state index contributed by atoms with van der Waals surface area (Å²) in [4.78, 5) is 37.6. The zero-order valence-corrected chi connectivity index (χ0v) is 17.1. The van der Waals surface area contributed by atoms with Crippen LogP contribution in [-0.2, 0) is 20.9 Å². The fourth-order valence-electron chi connectivity index (χ4n) is 3.35. The lowest BCUT2D eigenvalue weighted by Crippen LogP contribution is -2.52. The fraction of sp³-hybridized carbons (Fsp3) is 0.208. The summed E-state index contributed by atoms with van der Waals surface area (Å²) < 4.78 is 46.6. The van der Waals surface area contributed by atoms with Crippen LogP contribution in [0.4, 0.5) is 13.2 Å². The minimum absolute atomic E-state index is 0.0646. The number of halogens is 3. The van der Waals surface area contributed by atoms with Crippen molar-refractivity contribution in [1.29, 1.82) is 0 Å². The minimum atomic E-state index is -5.03. The molecule has 0 aliphatic carbocycles. The van der Waals surface area contributed by atoms with E-state index in [1.165, 1.54) is 12.1 Å². The molecule has 0 saturated carbocycles. The number of rotatable bonds is 6. The second-order valence-electron chi connectivity index (χ2n) is 7.13. The first-order valence-corrected chi connectivity index (χ1v) is 9.76. The average molecular weight is 443 g/mol. The summed E-state index contributed by atoms with van der Waals surface area (Å²) in [6, 6.07) is 17.0. The molecule has 0 heterocycles. The Morgan fingerprint density at radius 1 is 0.906 bits per heavy atom. The van der Waals surface area contributed by atoms with Crippen molar-refractivity contribution in [3.63, 3.8) is 0 Å². The molecule has 166 valence electrons. The summed E-state index contributed by atoms with van der Waals surface area (Å²) in [6.07, 6.45) is -6.23. The van der Waals surface area contributed by atoms with E-state index < -0.39 is 36.4 Å². The number of carbonyl (C=O) groups excluding carboxylic acids is 3. The SMILES string of the molecule is CC(=O)N(C(=O)c1cccc2ccccc12)C(CC(=O)OCc1ccccc1)C(F)(F)F. The van der Waals surface area contributed by atoms with Crippen molar-refractivity contribution >= 4 is 28.6 Å². The molecule has 32 heavy (non-hydrogen) atoms. The van der Waals surface area contributed by atoms with E-state index in [-0.39, 0.29) is 17.1 Å². The van der Waals surface area contributed by atoms with E-state index in [1.807, 2.05) is 0 Å². The number of esters is 1. The Labute approximate surface area is 182 Å². The maximum Gasteiger partial charge on any atom is 0.409 e. The van der Waals surface area contributed by atoms with Crippen LogP contribution in [0.3, 0.4) is 0 Å². The number of fused-ring (bicyclic) bond motifs is 1. The van der Waals surface area contributed by atoms with Crippen LogP contribution in [0.25, 0.3) is 10.8 Å². The first-order valence-electron chi connectivity index (χ1n) is 9.76. The highest BCUT2D eigenvalue weighted by Crippen LogP contribution is 2.30. The molecule has 0 fully saturated rings. The maximum atomic E-state index is 13.9. The predicted molar refractivity (Wildman–Crippen MR) is 111 cm³/mol. The second kappa shape index (κ2) is 9.64. The monoisotopic (exact) mass is 443 g/mol. The molecule has 0 aromatic heterocycles. The van der Waals surface area contributed by atoms with Crippen molar-refractivity contribution in [2.75, 3.05) is 0 Å². The highest BCUT2D eigenvalue weighted by molar-refractivity contribution is 6.12. The highest BCUT2D eigenvalue weighted by atomic mass is 19.4. The maximum absolute atomic E-state index is 13.9. The number of amides is 2. The summed E-state index contributed by atoms with van der Waals surface area (Å²) in [5, 5.41) is 1.03. The third-order valence-electron chi connectivity index (χ3n) is 4.87. The van der Waals surface area contributed by atoms with E-state index >= 15 is 0 Å². The van der Waals surface area contributed by atoms with Gasteiger partial charge in [0, 0.05) is 12.5 Å². The number of hydrogen-bond donors (Lipinski definition) is 0. The molecule has 1 unspecified atom stereocenters. The van der Waals surface area contributed by atoms with Crippen LogP contribution < -0.4 is 0 Å². The van der Waals surface area contributed by atoms with Gasteiger partial charge in [0.1, 0.15) is 12.6 Å². The molecule has 0 aliphatic heterocycles. The molecule has 0 spiro atoms. The molecule has 8 heteroatoms. The van der Waals surface area contributed by atoms with Gasteiger partial charge < -0.3 is 4.74 Å². The van der Waals surface area contributed by atoms with Crippen LogP contribution in [0.15, 0.2) is 72.8 Å². The lowest BCUT2D eigenvalue weighted by molar-refractivity contribution is -0.189. The molecule has 0 saturated heterocycles. The quantitative estimate of drug-likeness (QED) is 0.509. The molecule has 0 bridgehead atoms. The summed E-state index contributed by atoms with van der Waals surface area (Å²) in [5.74, 6) is -3.43. The molecule has 2 amide bonds. The zero-order chi connectivity index (χ0) is 23.3. The highest BCUT2D eigenvalue weighted by Gasteiger charge is 2.49. The Balaban J connectivity index is 1.88. The fourth-order valence-corrected chi connectivity index (χ4v) is 3.35. The number of carbonyl (C=O) groups is 3. The van der Waals surface area contributed by atoms with Crippen molar-refractivity contribution in [2.45, 2.75) is 32.2 Å². The molecule has 0 radical (unpaired) electrons. The van der Waals surface area contributed by atoms with E-state index in [9.17, 15) is 27.6 Å². The first kappa shape index (κ1) is 23.0. The van der Waals surface area contributed by atoms with Crippen LogP contribution in [0.1, 0.15) is 29.3 Å². The average Bonchev–Trinajstić information content (AvgIpc) is 2.76. The van der Waals surface area contributed by atoms with Gasteiger partial charge in [-0.25, -0.2) is 0 Å². The van der Waals surface area contributed by atoms with Gasteiger partial charge in [-0.05, 0) is 22.4 Å². The van der Waals surface area contributed by atoms with Gasteiger partial charge in [-0.1, -0.05) is 66.7 Å². The van der Waals surface area contributed by atoms with Gasteiger partial charge in [-0.3, -0.25) is 19.3 Å². The van der Waals surface area contributed by atoms with E-state index in [0.717, 1.165) is 6.92 Å². The van der Waals surface area contributed by atoms with Gasteiger partial charge in [-0.2, -0.15) is 13.2 Å². The zero-order valence-electron chi connectivity index (χ0n) is 17.1. The third kappa shape index (κ3) is 5.32. The molecule has 3 rings (SSSR count). The van der Waals surface area contributed by atoms with E-state index in [0.29, 0.717) is 16.3 Å². The second-order valence-corrected chi connectivity index (χ2v) is 7.13. The molecule has 0 N–H and O–H groups in total. The summed E-state index contributed by atoms with van der Waals surface area (Å²) in [6.45, 7) is 0.638. The van der Waals surface area contributed by atoms with Crippen molar-refractivity contribution in [1.82, 2.24) is 4.90 Å². The number of ether oxygens (including phenoxy) is 1. The summed E-state index contributed by atoms with van der Waals surface area (Å²) in [7, 11) is 0. The predicted octanol–water partition coefficient (Wildman–Crippen LogP) is 4.89. The normalized spacial score (nSPS) is 12.2. The van der Waals surface area contributed by atoms with Gasteiger partial charge in [0.2, 0.25) is 5.91 Å². The molecular formula is C24H20F3NO4. The van der Waals surface area contributed by atoms with E-state index in [2.05, 4.69) is 0 Å². The minimum Gasteiger partial charge on any atom is -0.461 e. The molecular weight excluding hydrogens is 423 g/mol. The number of imide groups is 1. The lowest BCUT2D eigenvalue weighted by atomic mass is 10.0. The van der Waals surface area contributed by atoms with Crippen LogP contribution in [-0.4, -0.2) is 34.9 Å². The van der Waals surface area contributed by atoms with Gasteiger partial charge in [0.05, 0.1) is 6.42 Å². The summed E-state index contributed by atoms with van der Waals surface area (Å²) in [5.41, 5.74) is 0.532.